The predicted molar refractivity (Wildman–Crippen MR) is 121 cm³/mol. The third-order valence-corrected chi connectivity index (χ3v) is 12.7. The lowest BCUT2D eigenvalue weighted by Crippen LogP contribution is -2.33. The standard InChI is InChI=1S/C18H44O4Si4/c1-2-3-4-5-6-7-8-9-10-11-12-13-14-15-16-17-18-26-21-24-19-23-20-25-22-26/h26H,2-18,23-25H2,1H3. The Bertz CT molecular complexity index is 280. The molecule has 0 spiro atoms. The molecule has 4 nitrogen and oxygen atoms in total. The summed E-state index contributed by atoms with van der Waals surface area (Å²) in [5.74, 6) is 0. The first kappa shape index (κ1) is 24.7. The van der Waals surface area contributed by atoms with Gasteiger partial charge in [-0.05, 0) is 6.04 Å². The molecule has 0 amide bonds. The maximum Gasteiger partial charge on any atom is 0.303 e. The summed E-state index contributed by atoms with van der Waals surface area (Å²) in [7, 11) is -3.66. The van der Waals surface area contributed by atoms with E-state index in [1.807, 2.05) is 0 Å². The molecule has 8 heteroatoms. The minimum Gasteiger partial charge on any atom is -0.425 e. The lowest BCUT2D eigenvalue weighted by Gasteiger charge is -2.20. The Hall–Kier alpha value is 0.708. The van der Waals surface area contributed by atoms with Crippen LogP contribution in [0.25, 0.3) is 0 Å². The van der Waals surface area contributed by atoms with Gasteiger partial charge in [0.25, 0.3) is 30.0 Å². The van der Waals surface area contributed by atoms with Crippen molar-refractivity contribution in [3.63, 3.8) is 0 Å². The molecule has 1 aliphatic rings. The molecule has 0 atom stereocenters. The Balaban J connectivity index is 1.71. The van der Waals surface area contributed by atoms with Crippen molar-refractivity contribution in [2.45, 2.75) is 116 Å². The SMILES string of the molecule is CCCCCCCCCCCCCCCCCC[SiH]1O[SiH2]O[SiH2]O[SiH2]O1. The first-order valence-electron chi connectivity index (χ1n) is 11.3. The molecular formula is C18H44O4Si4. The second-order valence-corrected chi connectivity index (χ2v) is 15.7. The lowest BCUT2D eigenvalue weighted by molar-refractivity contribution is 0.327. The monoisotopic (exact) mass is 436 g/mol. The Morgan fingerprint density at radius 2 is 0.885 bits per heavy atom. The van der Waals surface area contributed by atoms with E-state index in [0.717, 1.165) is 6.04 Å². The molecule has 1 fully saturated rings. The number of rotatable bonds is 17. The van der Waals surface area contributed by atoms with Gasteiger partial charge in [0.15, 0.2) is 0 Å². The van der Waals surface area contributed by atoms with Crippen molar-refractivity contribution in [1.82, 2.24) is 0 Å². The van der Waals surface area contributed by atoms with E-state index in [9.17, 15) is 0 Å². The Morgan fingerprint density at radius 1 is 0.500 bits per heavy atom. The van der Waals surface area contributed by atoms with Crippen molar-refractivity contribution >= 4 is 39.3 Å². The van der Waals surface area contributed by atoms with Crippen molar-refractivity contribution < 1.29 is 16.5 Å². The highest BCUT2D eigenvalue weighted by molar-refractivity contribution is 6.59. The smallest absolute Gasteiger partial charge is 0.303 e. The van der Waals surface area contributed by atoms with Crippen LogP contribution in [0.1, 0.15) is 110 Å². The fourth-order valence-corrected chi connectivity index (χ4v) is 12.4. The summed E-state index contributed by atoms with van der Waals surface area (Å²) in [4.78, 5) is 0. The van der Waals surface area contributed by atoms with Crippen LogP contribution in [0.2, 0.25) is 6.04 Å². The summed E-state index contributed by atoms with van der Waals surface area (Å²) >= 11 is 0. The number of hydrogen-bond acceptors (Lipinski definition) is 4. The van der Waals surface area contributed by atoms with Crippen LogP contribution >= 0.6 is 0 Å². The van der Waals surface area contributed by atoms with Gasteiger partial charge in [0.05, 0.1) is 0 Å². The molecule has 1 aliphatic heterocycles. The fraction of sp³-hybridized carbons (Fsp3) is 1.00. The highest BCUT2D eigenvalue weighted by atomic mass is 28.4. The van der Waals surface area contributed by atoms with E-state index in [1.165, 1.54) is 103 Å². The lowest BCUT2D eigenvalue weighted by atomic mass is 10.0. The molecule has 0 bridgehead atoms. The van der Waals surface area contributed by atoms with Crippen molar-refractivity contribution in [2.24, 2.45) is 0 Å². The van der Waals surface area contributed by atoms with Crippen LogP contribution in [-0.4, -0.2) is 39.3 Å². The first-order chi connectivity index (χ1) is 12.9. The van der Waals surface area contributed by atoms with Gasteiger partial charge in [-0.1, -0.05) is 110 Å². The zero-order chi connectivity index (χ0) is 18.5. The van der Waals surface area contributed by atoms with Crippen LogP contribution in [-0.2, 0) is 16.5 Å². The molecule has 1 rings (SSSR count). The summed E-state index contributed by atoms with van der Waals surface area (Å²) < 4.78 is 22.6. The quantitative estimate of drug-likeness (QED) is 0.258. The molecule has 26 heavy (non-hydrogen) atoms. The Morgan fingerprint density at radius 3 is 1.31 bits per heavy atom. The van der Waals surface area contributed by atoms with Gasteiger partial charge in [-0.2, -0.15) is 0 Å². The number of hydrogen-bond donors (Lipinski definition) is 0. The van der Waals surface area contributed by atoms with Crippen molar-refractivity contribution in [3.05, 3.63) is 0 Å². The van der Waals surface area contributed by atoms with Crippen molar-refractivity contribution in [1.29, 1.82) is 0 Å². The van der Waals surface area contributed by atoms with Crippen molar-refractivity contribution in [2.75, 3.05) is 0 Å². The summed E-state index contributed by atoms with van der Waals surface area (Å²) in [6, 6.07) is 1.16. The van der Waals surface area contributed by atoms with E-state index < -0.39 is 39.3 Å². The summed E-state index contributed by atoms with van der Waals surface area (Å²) in [6.07, 6.45) is 22.7. The predicted octanol–water partition coefficient (Wildman–Crippen LogP) is 3.54. The second-order valence-electron chi connectivity index (χ2n) is 7.62. The van der Waals surface area contributed by atoms with E-state index >= 15 is 0 Å². The van der Waals surface area contributed by atoms with Gasteiger partial charge in [-0.3, -0.25) is 0 Å². The molecule has 1 heterocycles. The van der Waals surface area contributed by atoms with Gasteiger partial charge in [-0.25, -0.2) is 0 Å². The molecule has 0 aromatic rings. The third-order valence-electron chi connectivity index (χ3n) is 5.13. The van der Waals surface area contributed by atoms with Gasteiger partial charge < -0.3 is 16.5 Å². The van der Waals surface area contributed by atoms with Gasteiger partial charge >= 0.3 is 9.28 Å². The van der Waals surface area contributed by atoms with E-state index in [-0.39, 0.29) is 0 Å². The second kappa shape index (κ2) is 20.4. The maximum atomic E-state index is 5.83. The zero-order valence-electron chi connectivity index (χ0n) is 17.4. The molecule has 156 valence electrons. The van der Waals surface area contributed by atoms with Gasteiger partial charge in [-0.15, -0.1) is 0 Å². The van der Waals surface area contributed by atoms with E-state index in [2.05, 4.69) is 6.92 Å². The van der Waals surface area contributed by atoms with Crippen LogP contribution in [0.4, 0.5) is 0 Å². The molecular weight excluding hydrogens is 393 g/mol. The van der Waals surface area contributed by atoms with E-state index in [0.29, 0.717) is 0 Å². The summed E-state index contributed by atoms with van der Waals surface area (Å²) in [6.45, 7) is 2.29. The van der Waals surface area contributed by atoms with Gasteiger partial charge in [0.1, 0.15) is 0 Å². The first-order valence-corrected chi connectivity index (χ1v) is 16.5. The van der Waals surface area contributed by atoms with Crippen molar-refractivity contribution in [3.8, 4) is 0 Å². The average Bonchev–Trinajstić information content (AvgIpc) is 2.62. The minimum absolute atomic E-state index is 0.724. The molecule has 0 aliphatic carbocycles. The third kappa shape index (κ3) is 16.9. The highest BCUT2D eigenvalue weighted by Gasteiger charge is 2.15. The molecule has 0 radical (unpaired) electrons. The minimum atomic E-state index is -1.40. The molecule has 0 unspecified atom stereocenters. The molecule has 0 aromatic carbocycles. The topological polar surface area (TPSA) is 36.9 Å². The highest BCUT2D eigenvalue weighted by Crippen LogP contribution is 2.14. The van der Waals surface area contributed by atoms with Crippen LogP contribution in [0.15, 0.2) is 0 Å². The Labute approximate surface area is 171 Å². The van der Waals surface area contributed by atoms with Crippen LogP contribution in [0.5, 0.6) is 0 Å². The zero-order valence-corrected chi connectivity index (χ0v) is 22.7. The van der Waals surface area contributed by atoms with Gasteiger partial charge in [0, 0.05) is 0 Å². The molecule has 1 saturated heterocycles. The Kier molecular flexibility index (Phi) is 19.5. The van der Waals surface area contributed by atoms with Gasteiger partial charge in [0.2, 0.25) is 0 Å². The van der Waals surface area contributed by atoms with Crippen LogP contribution in [0.3, 0.4) is 0 Å². The number of unbranched alkanes of at least 4 members (excludes halogenated alkanes) is 15. The maximum absolute atomic E-state index is 5.83. The normalized spacial score (nSPS) is 21.3. The summed E-state index contributed by atoms with van der Waals surface area (Å²) in [5, 5.41) is 0. The largest absolute Gasteiger partial charge is 0.425 e. The average molecular weight is 437 g/mol. The summed E-state index contributed by atoms with van der Waals surface area (Å²) in [5.41, 5.74) is 0. The van der Waals surface area contributed by atoms with E-state index in [1.54, 1.807) is 0 Å². The molecule has 0 aromatic heterocycles. The van der Waals surface area contributed by atoms with Crippen LogP contribution in [0, 0.1) is 0 Å². The van der Waals surface area contributed by atoms with E-state index in [4.69, 9.17) is 16.5 Å². The molecule has 0 saturated carbocycles. The fourth-order valence-electron chi connectivity index (χ4n) is 3.45. The van der Waals surface area contributed by atoms with Crippen LogP contribution < -0.4 is 0 Å². The molecule has 0 N–H and O–H groups in total.